The van der Waals surface area contributed by atoms with E-state index in [2.05, 4.69) is 25.5 Å². The monoisotopic (exact) mass is 362 g/mol. The number of rotatable bonds is 10. The summed E-state index contributed by atoms with van der Waals surface area (Å²) in [5.41, 5.74) is 0. The molecule has 0 N–H and O–H groups in total. The molecule has 0 aromatic heterocycles. The van der Waals surface area contributed by atoms with Crippen molar-refractivity contribution in [3.05, 3.63) is 0 Å². The van der Waals surface area contributed by atoms with Crippen LogP contribution in [0.5, 0.6) is 0 Å². The normalized spacial score (nSPS) is 10.7. The van der Waals surface area contributed by atoms with Crippen molar-refractivity contribution in [2.45, 2.75) is 45.3 Å². The molecule has 8 heteroatoms. The summed E-state index contributed by atoms with van der Waals surface area (Å²) in [7, 11) is 3.49. The second kappa shape index (κ2) is 12.4. The van der Waals surface area contributed by atoms with E-state index in [1.54, 1.807) is 39.5 Å². The van der Waals surface area contributed by atoms with Crippen LogP contribution in [0.3, 0.4) is 0 Å². The van der Waals surface area contributed by atoms with Gasteiger partial charge in [0.15, 0.2) is 6.61 Å². The minimum absolute atomic E-state index is 0.171. The van der Waals surface area contributed by atoms with Crippen molar-refractivity contribution in [2.24, 2.45) is 0 Å². The van der Waals surface area contributed by atoms with Crippen molar-refractivity contribution in [3.8, 4) is 6.07 Å². The maximum Gasteiger partial charge on any atom is 0.409 e. The van der Waals surface area contributed by atoms with Crippen molar-refractivity contribution in [1.82, 2.24) is 4.90 Å². The van der Waals surface area contributed by atoms with Gasteiger partial charge in [-0.1, -0.05) is 42.4 Å². The smallest absolute Gasteiger partial charge is 0.409 e. The highest BCUT2D eigenvalue weighted by Crippen LogP contribution is 2.34. The Kier molecular flexibility index (Phi) is 11.8. The Labute approximate surface area is 146 Å². The average Bonchev–Trinajstić information content (AvgIpc) is 2.46. The molecule has 0 aliphatic rings. The number of amides is 1. The fraction of sp³-hybridized carbons (Fsp3) is 0.800. The molecule has 0 atom stereocenters. The minimum atomic E-state index is -0.423. The second-order valence-corrected chi connectivity index (χ2v) is 8.87. The second-order valence-electron chi connectivity index (χ2n) is 5.63. The molecular formula is C15H26N2O4S2. The summed E-state index contributed by atoms with van der Waals surface area (Å²) in [6.45, 7) is 9.27. The summed E-state index contributed by atoms with van der Waals surface area (Å²) in [5.74, 6) is 0.368. The first-order valence-corrected chi connectivity index (χ1v) is 9.87. The van der Waals surface area contributed by atoms with E-state index in [9.17, 15) is 9.59 Å². The third-order valence-electron chi connectivity index (χ3n) is 2.39. The Morgan fingerprint density at radius 1 is 1.22 bits per heavy atom. The molecule has 0 aromatic rings. The molecule has 0 aromatic carbocycles. The summed E-state index contributed by atoms with van der Waals surface area (Å²) in [4.78, 5) is 24.9. The van der Waals surface area contributed by atoms with Crippen molar-refractivity contribution in [3.63, 3.8) is 0 Å². The van der Waals surface area contributed by atoms with Crippen LogP contribution < -0.4 is 0 Å². The van der Waals surface area contributed by atoms with Gasteiger partial charge in [0, 0.05) is 30.0 Å². The van der Waals surface area contributed by atoms with E-state index in [-0.39, 0.29) is 23.9 Å². The molecule has 0 aliphatic carbocycles. The number of carbonyl (C=O) groups excluding carboxylic acids is 2. The van der Waals surface area contributed by atoms with Crippen LogP contribution in [-0.2, 0) is 14.3 Å². The Morgan fingerprint density at radius 3 is 2.48 bits per heavy atom. The lowest BCUT2D eigenvalue weighted by molar-refractivity contribution is -0.142. The molecule has 0 fully saturated rings. The van der Waals surface area contributed by atoms with Crippen LogP contribution in [0.25, 0.3) is 0 Å². The lowest BCUT2D eigenvalue weighted by atomic mass is 10.3. The first kappa shape index (κ1) is 21.9. The van der Waals surface area contributed by atoms with Gasteiger partial charge in [0.05, 0.1) is 6.61 Å². The molecule has 0 saturated heterocycles. The highest BCUT2D eigenvalue weighted by Gasteiger charge is 2.16. The van der Waals surface area contributed by atoms with Crippen LogP contribution in [-0.4, -0.2) is 53.8 Å². The van der Waals surface area contributed by atoms with Gasteiger partial charge in [0.2, 0.25) is 0 Å². The first-order valence-electron chi connectivity index (χ1n) is 7.55. The van der Waals surface area contributed by atoms with Gasteiger partial charge in [-0.15, -0.1) is 0 Å². The number of hydrogen-bond acceptors (Lipinski definition) is 7. The Hall–Kier alpha value is -1.07. The standard InChI is InChI=1S/C15H26N2O4S2/c1-5-20-14(19)17(10-12-22-23-15(2,3)4)9-6-7-13(18)21-11-8-16/h5-7,9-12H2,1-4H3. The predicted molar refractivity (Wildman–Crippen MR) is 94.2 cm³/mol. The fourth-order valence-electron chi connectivity index (χ4n) is 1.47. The van der Waals surface area contributed by atoms with Crippen LogP contribution in [0, 0.1) is 11.3 Å². The molecule has 0 aliphatic heterocycles. The summed E-state index contributed by atoms with van der Waals surface area (Å²) >= 11 is 0. The lowest BCUT2D eigenvalue weighted by Gasteiger charge is -2.22. The summed E-state index contributed by atoms with van der Waals surface area (Å²) < 4.78 is 9.88. The van der Waals surface area contributed by atoms with Crippen LogP contribution in [0.2, 0.25) is 0 Å². The van der Waals surface area contributed by atoms with Gasteiger partial charge in [0.1, 0.15) is 6.07 Å². The third kappa shape index (κ3) is 13.1. The molecule has 0 rings (SSSR count). The molecule has 0 bridgehead atoms. The molecule has 6 nitrogen and oxygen atoms in total. The molecule has 1 amide bonds. The molecular weight excluding hydrogens is 336 g/mol. The molecule has 0 spiro atoms. The SMILES string of the molecule is CCOC(=O)N(CCCC(=O)OCC#N)CCSSC(C)(C)C. The maximum atomic E-state index is 11.9. The number of esters is 1. The summed E-state index contributed by atoms with van der Waals surface area (Å²) in [6.07, 6.45) is 0.306. The van der Waals surface area contributed by atoms with Crippen molar-refractivity contribution < 1.29 is 19.1 Å². The average molecular weight is 363 g/mol. The van der Waals surface area contributed by atoms with Crippen molar-refractivity contribution in [1.29, 1.82) is 5.26 Å². The number of carbonyl (C=O) groups is 2. The Bertz CT molecular complexity index is 405. The largest absolute Gasteiger partial charge is 0.450 e. The predicted octanol–water partition coefficient (Wildman–Crippen LogP) is 3.47. The summed E-state index contributed by atoms with van der Waals surface area (Å²) in [5, 5.41) is 8.34. The zero-order valence-electron chi connectivity index (χ0n) is 14.3. The van der Waals surface area contributed by atoms with E-state index in [1.165, 1.54) is 0 Å². The van der Waals surface area contributed by atoms with Crippen LogP contribution in [0.4, 0.5) is 4.79 Å². The third-order valence-corrected chi connectivity index (χ3v) is 5.71. The molecule has 23 heavy (non-hydrogen) atoms. The van der Waals surface area contributed by atoms with Crippen molar-refractivity contribution >= 4 is 33.7 Å². The molecule has 0 saturated carbocycles. The van der Waals surface area contributed by atoms with Crippen molar-refractivity contribution in [2.75, 3.05) is 32.1 Å². The van der Waals surface area contributed by atoms with E-state index in [0.29, 0.717) is 26.1 Å². The zero-order chi connectivity index (χ0) is 17.7. The quantitative estimate of drug-likeness (QED) is 0.334. The summed E-state index contributed by atoms with van der Waals surface area (Å²) in [6, 6.07) is 1.75. The maximum absolute atomic E-state index is 11.9. The van der Waals surface area contributed by atoms with Gasteiger partial charge in [0.25, 0.3) is 0 Å². The number of hydrogen-bond donors (Lipinski definition) is 0. The van der Waals surface area contributed by atoms with Gasteiger partial charge in [-0.2, -0.15) is 5.26 Å². The van der Waals surface area contributed by atoms with Gasteiger partial charge >= 0.3 is 12.1 Å². The Morgan fingerprint density at radius 2 is 1.91 bits per heavy atom. The fourth-order valence-corrected chi connectivity index (χ4v) is 3.74. The van der Waals surface area contributed by atoms with Gasteiger partial charge < -0.3 is 14.4 Å². The Balaban J connectivity index is 4.17. The van der Waals surface area contributed by atoms with Crippen LogP contribution in [0.1, 0.15) is 40.5 Å². The van der Waals surface area contributed by atoms with E-state index < -0.39 is 5.97 Å². The van der Waals surface area contributed by atoms with Gasteiger partial charge in [-0.25, -0.2) is 4.79 Å². The highest BCUT2D eigenvalue weighted by molar-refractivity contribution is 8.77. The molecule has 0 unspecified atom stereocenters. The topological polar surface area (TPSA) is 79.6 Å². The van der Waals surface area contributed by atoms with Gasteiger partial charge in [-0.3, -0.25) is 4.79 Å². The van der Waals surface area contributed by atoms with E-state index in [1.807, 2.05) is 0 Å². The lowest BCUT2D eigenvalue weighted by Crippen LogP contribution is -2.34. The van der Waals surface area contributed by atoms with Crippen LogP contribution in [0.15, 0.2) is 0 Å². The van der Waals surface area contributed by atoms with E-state index in [4.69, 9.17) is 10.00 Å². The zero-order valence-corrected chi connectivity index (χ0v) is 15.9. The minimum Gasteiger partial charge on any atom is -0.450 e. The van der Waals surface area contributed by atoms with Gasteiger partial charge in [-0.05, 0) is 13.3 Å². The molecule has 132 valence electrons. The number of nitriles is 1. The first-order chi connectivity index (χ1) is 10.8. The number of nitrogens with zero attached hydrogens (tertiary/aromatic N) is 2. The molecule has 0 heterocycles. The van der Waals surface area contributed by atoms with E-state index >= 15 is 0 Å². The molecule has 0 radical (unpaired) electrons. The number of ether oxygens (including phenoxy) is 2. The van der Waals surface area contributed by atoms with Crippen LogP contribution >= 0.6 is 21.6 Å². The van der Waals surface area contributed by atoms with E-state index in [0.717, 1.165) is 5.75 Å². The highest BCUT2D eigenvalue weighted by atomic mass is 33.1.